The van der Waals surface area contributed by atoms with E-state index >= 15 is 0 Å². The van der Waals surface area contributed by atoms with Crippen molar-refractivity contribution in [2.75, 3.05) is 0 Å². The summed E-state index contributed by atoms with van der Waals surface area (Å²) in [6.45, 7) is 0. The Hall–Kier alpha value is -1.04. The second-order valence-electron chi connectivity index (χ2n) is 4.85. The van der Waals surface area contributed by atoms with E-state index in [1.165, 1.54) is 0 Å². The number of alkyl halides is 2. The summed E-state index contributed by atoms with van der Waals surface area (Å²) in [6, 6.07) is -0.384. The minimum Gasteiger partial charge on any atom is -0.306 e. The SMILES string of the molecule is O=C1CC(N2C(=O)C(F)(F)C3CC=C(Br)C=C32)C1. The zero-order valence-electron chi connectivity index (χ0n) is 9.33. The number of amides is 1. The number of fused-ring (bicyclic) bond motifs is 1. The molecule has 0 N–H and O–H groups in total. The number of allylic oxidation sites excluding steroid dienone is 4. The number of rotatable bonds is 1. The van der Waals surface area contributed by atoms with Crippen LogP contribution in [0.5, 0.6) is 0 Å². The van der Waals surface area contributed by atoms with E-state index in [0.717, 1.165) is 4.90 Å². The fourth-order valence-electron chi connectivity index (χ4n) is 2.68. The van der Waals surface area contributed by atoms with Crippen molar-refractivity contribution in [1.82, 2.24) is 4.90 Å². The molecule has 3 aliphatic rings. The van der Waals surface area contributed by atoms with Crippen LogP contribution < -0.4 is 0 Å². The first-order valence-electron chi connectivity index (χ1n) is 5.71. The lowest BCUT2D eigenvalue weighted by molar-refractivity contribution is -0.154. The van der Waals surface area contributed by atoms with Crippen molar-refractivity contribution >= 4 is 27.6 Å². The van der Waals surface area contributed by atoms with E-state index < -0.39 is 17.7 Å². The minimum absolute atomic E-state index is 0.0191. The lowest BCUT2D eigenvalue weighted by Gasteiger charge is -2.34. The highest BCUT2D eigenvalue weighted by molar-refractivity contribution is 9.11. The summed E-state index contributed by atoms with van der Waals surface area (Å²) in [7, 11) is 0. The molecule has 2 fully saturated rings. The van der Waals surface area contributed by atoms with Crippen LogP contribution in [0, 0.1) is 5.92 Å². The van der Waals surface area contributed by atoms with Crippen LogP contribution >= 0.6 is 15.9 Å². The normalized spacial score (nSPS) is 30.8. The molecule has 3 nitrogen and oxygen atoms in total. The zero-order valence-corrected chi connectivity index (χ0v) is 10.9. The highest BCUT2D eigenvalue weighted by Gasteiger charge is 2.61. The van der Waals surface area contributed by atoms with Crippen molar-refractivity contribution in [2.24, 2.45) is 5.92 Å². The van der Waals surface area contributed by atoms with Gasteiger partial charge in [0.05, 0.1) is 12.0 Å². The molecular formula is C12H10BrF2NO2. The maximum Gasteiger partial charge on any atom is 0.333 e. The summed E-state index contributed by atoms with van der Waals surface area (Å²) in [5.41, 5.74) is 0.344. The molecule has 1 amide bonds. The number of Topliss-reactive ketones (excluding diaryl/α,β-unsaturated/α-hetero) is 1. The van der Waals surface area contributed by atoms with Crippen LogP contribution in [0.4, 0.5) is 8.78 Å². The van der Waals surface area contributed by atoms with Gasteiger partial charge in [0.2, 0.25) is 0 Å². The summed E-state index contributed by atoms with van der Waals surface area (Å²) in [4.78, 5) is 24.0. The van der Waals surface area contributed by atoms with E-state index in [1.807, 2.05) is 0 Å². The number of hydrogen-bond acceptors (Lipinski definition) is 2. The predicted octanol–water partition coefficient (Wildman–Crippen LogP) is 2.38. The minimum atomic E-state index is -3.35. The van der Waals surface area contributed by atoms with Crippen molar-refractivity contribution in [1.29, 1.82) is 0 Å². The topological polar surface area (TPSA) is 37.4 Å². The molecule has 3 rings (SSSR count). The third-order valence-corrected chi connectivity index (χ3v) is 4.26. The maximum absolute atomic E-state index is 13.9. The molecule has 2 aliphatic carbocycles. The Labute approximate surface area is 111 Å². The van der Waals surface area contributed by atoms with Crippen molar-refractivity contribution in [3.05, 3.63) is 22.3 Å². The fourth-order valence-corrected chi connectivity index (χ4v) is 3.10. The first kappa shape index (κ1) is 12.0. The second-order valence-corrected chi connectivity index (χ2v) is 5.76. The highest BCUT2D eigenvalue weighted by atomic mass is 79.9. The summed E-state index contributed by atoms with van der Waals surface area (Å²) in [5.74, 6) is -5.58. The molecule has 1 unspecified atom stereocenters. The number of carbonyl (C=O) groups is 2. The monoisotopic (exact) mass is 317 g/mol. The van der Waals surface area contributed by atoms with Crippen LogP contribution in [-0.4, -0.2) is 28.6 Å². The van der Waals surface area contributed by atoms with Gasteiger partial charge in [-0.05, 0) is 12.5 Å². The number of ketones is 1. The van der Waals surface area contributed by atoms with Crippen LogP contribution in [0.3, 0.4) is 0 Å². The van der Waals surface area contributed by atoms with E-state index in [9.17, 15) is 18.4 Å². The average molecular weight is 318 g/mol. The number of nitrogens with zero attached hydrogens (tertiary/aromatic N) is 1. The van der Waals surface area contributed by atoms with Gasteiger partial charge < -0.3 is 4.90 Å². The number of likely N-dealkylation sites (tertiary alicyclic amines) is 1. The van der Waals surface area contributed by atoms with Crippen molar-refractivity contribution in [3.8, 4) is 0 Å². The molecule has 0 aromatic carbocycles. The predicted molar refractivity (Wildman–Crippen MR) is 63.0 cm³/mol. The smallest absolute Gasteiger partial charge is 0.306 e. The lowest BCUT2D eigenvalue weighted by atomic mass is 9.89. The van der Waals surface area contributed by atoms with Crippen molar-refractivity contribution in [2.45, 2.75) is 31.2 Å². The third kappa shape index (κ3) is 1.51. The lowest BCUT2D eigenvalue weighted by Crippen LogP contribution is -2.47. The molecule has 18 heavy (non-hydrogen) atoms. The molecule has 1 saturated carbocycles. The van der Waals surface area contributed by atoms with Crippen LogP contribution in [0.15, 0.2) is 22.3 Å². The standard InChI is InChI=1S/C12H10BrF2NO2/c13-6-1-2-9-10(3-6)16(7-4-8(17)5-7)11(18)12(9,14)15/h1,3,7,9H,2,4-5H2. The Morgan fingerprint density at radius 3 is 2.61 bits per heavy atom. The second kappa shape index (κ2) is 3.73. The van der Waals surface area contributed by atoms with E-state index in [0.29, 0.717) is 10.2 Å². The molecule has 1 atom stereocenters. The van der Waals surface area contributed by atoms with E-state index in [2.05, 4.69) is 15.9 Å². The summed E-state index contributed by atoms with van der Waals surface area (Å²) >= 11 is 3.25. The molecule has 0 spiro atoms. The quantitative estimate of drug-likeness (QED) is 0.744. The molecule has 0 aromatic heterocycles. The maximum atomic E-state index is 13.9. The number of hydrogen-bond donors (Lipinski definition) is 0. The van der Waals surface area contributed by atoms with E-state index in [1.54, 1.807) is 12.2 Å². The van der Waals surface area contributed by atoms with Gasteiger partial charge in [0, 0.05) is 23.0 Å². The molecule has 1 aliphatic heterocycles. The van der Waals surface area contributed by atoms with Gasteiger partial charge in [0.15, 0.2) is 0 Å². The Morgan fingerprint density at radius 1 is 1.33 bits per heavy atom. The van der Waals surface area contributed by atoms with Gasteiger partial charge >= 0.3 is 5.92 Å². The van der Waals surface area contributed by atoms with E-state index in [-0.39, 0.29) is 31.1 Å². The summed E-state index contributed by atoms with van der Waals surface area (Å²) < 4.78 is 28.5. The third-order valence-electron chi connectivity index (χ3n) is 3.70. The largest absolute Gasteiger partial charge is 0.333 e. The van der Waals surface area contributed by atoms with Crippen LogP contribution in [-0.2, 0) is 9.59 Å². The molecule has 0 bridgehead atoms. The van der Waals surface area contributed by atoms with Gasteiger partial charge in [-0.15, -0.1) is 0 Å². The highest BCUT2D eigenvalue weighted by Crippen LogP contribution is 2.49. The molecule has 0 radical (unpaired) electrons. The molecule has 0 aromatic rings. The zero-order chi connectivity index (χ0) is 13.1. The first-order valence-corrected chi connectivity index (χ1v) is 6.51. The first-order chi connectivity index (χ1) is 8.41. The Balaban J connectivity index is 1.99. The molecular weight excluding hydrogens is 308 g/mol. The van der Waals surface area contributed by atoms with Crippen LogP contribution in [0.1, 0.15) is 19.3 Å². The average Bonchev–Trinajstić information content (AvgIpc) is 2.44. The summed E-state index contributed by atoms with van der Waals surface area (Å²) in [5, 5.41) is 0. The van der Waals surface area contributed by atoms with Crippen LogP contribution in [0.25, 0.3) is 0 Å². The Morgan fingerprint density at radius 2 is 2.00 bits per heavy atom. The van der Waals surface area contributed by atoms with Gasteiger partial charge in [-0.3, -0.25) is 9.59 Å². The summed E-state index contributed by atoms with van der Waals surface area (Å²) in [6.07, 6.45) is 3.73. The molecule has 6 heteroatoms. The Kier molecular flexibility index (Phi) is 2.49. The van der Waals surface area contributed by atoms with Gasteiger partial charge in [-0.1, -0.05) is 22.0 Å². The van der Waals surface area contributed by atoms with Gasteiger partial charge in [-0.25, -0.2) is 0 Å². The van der Waals surface area contributed by atoms with E-state index in [4.69, 9.17) is 0 Å². The van der Waals surface area contributed by atoms with Crippen LogP contribution in [0.2, 0.25) is 0 Å². The van der Waals surface area contributed by atoms with Gasteiger partial charge in [-0.2, -0.15) is 8.78 Å². The Bertz CT molecular complexity index is 504. The van der Waals surface area contributed by atoms with Crippen molar-refractivity contribution < 1.29 is 18.4 Å². The molecule has 1 heterocycles. The molecule has 96 valence electrons. The number of halogens is 3. The molecule has 1 saturated heterocycles. The number of carbonyl (C=O) groups excluding carboxylic acids is 2. The fraction of sp³-hybridized carbons (Fsp3) is 0.500. The van der Waals surface area contributed by atoms with Gasteiger partial charge in [0.25, 0.3) is 5.91 Å². The van der Waals surface area contributed by atoms with Crippen molar-refractivity contribution in [3.63, 3.8) is 0 Å². The van der Waals surface area contributed by atoms with Gasteiger partial charge in [0.1, 0.15) is 5.78 Å².